The van der Waals surface area contributed by atoms with Crippen molar-refractivity contribution in [1.82, 2.24) is 5.32 Å². The number of rotatable bonds is 6. The number of para-hydroxylation sites is 1. The van der Waals surface area contributed by atoms with Crippen molar-refractivity contribution in [3.63, 3.8) is 0 Å². The summed E-state index contributed by atoms with van der Waals surface area (Å²) in [7, 11) is 0. The number of amides is 2. The van der Waals surface area contributed by atoms with E-state index in [9.17, 15) is 9.59 Å². The molecule has 2 N–H and O–H groups in total. The Labute approximate surface area is 183 Å². The summed E-state index contributed by atoms with van der Waals surface area (Å²) in [6, 6.07) is 25.1. The van der Waals surface area contributed by atoms with Crippen LogP contribution in [0, 0.1) is 0 Å². The maximum atomic E-state index is 12.8. The summed E-state index contributed by atoms with van der Waals surface area (Å²) in [6.45, 7) is 2.88. The molecule has 1 aliphatic rings. The fraction of sp³-hybridized carbons (Fsp3) is 0.231. The summed E-state index contributed by atoms with van der Waals surface area (Å²) >= 11 is 0. The molecule has 3 aromatic rings. The SMILES string of the molecule is CC(NC(=O)c1cccc(NCC(=O)N2CCCc3ccccc32)c1)c1ccccc1. The molecule has 1 heterocycles. The Bertz CT molecular complexity index is 1070. The lowest BCUT2D eigenvalue weighted by Crippen LogP contribution is -2.39. The lowest BCUT2D eigenvalue weighted by atomic mass is 10.0. The molecular weight excluding hydrogens is 386 g/mol. The van der Waals surface area contributed by atoms with E-state index in [-0.39, 0.29) is 24.4 Å². The van der Waals surface area contributed by atoms with Crippen LogP contribution < -0.4 is 15.5 Å². The molecule has 5 heteroatoms. The highest BCUT2D eigenvalue weighted by Gasteiger charge is 2.21. The Kier molecular flexibility index (Phi) is 6.32. The third-order valence-electron chi connectivity index (χ3n) is 5.63. The molecule has 1 atom stereocenters. The second kappa shape index (κ2) is 9.47. The predicted molar refractivity (Wildman–Crippen MR) is 124 cm³/mol. The fourth-order valence-electron chi connectivity index (χ4n) is 3.94. The Hall–Kier alpha value is -3.60. The van der Waals surface area contributed by atoms with Gasteiger partial charge in [-0.3, -0.25) is 9.59 Å². The van der Waals surface area contributed by atoms with Crippen LogP contribution in [0.3, 0.4) is 0 Å². The van der Waals surface area contributed by atoms with E-state index in [4.69, 9.17) is 0 Å². The molecule has 0 radical (unpaired) electrons. The molecule has 5 nitrogen and oxygen atoms in total. The number of carbonyl (C=O) groups excluding carboxylic acids is 2. The summed E-state index contributed by atoms with van der Waals surface area (Å²) in [4.78, 5) is 27.4. The largest absolute Gasteiger partial charge is 0.376 e. The van der Waals surface area contributed by atoms with Crippen LogP contribution >= 0.6 is 0 Å². The minimum Gasteiger partial charge on any atom is -0.376 e. The monoisotopic (exact) mass is 413 g/mol. The number of benzene rings is 3. The van der Waals surface area contributed by atoms with Crippen molar-refractivity contribution in [3.05, 3.63) is 95.6 Å². The van der Waals surface area contributed by atoms with Crippen LogP contribution in [0.2, 0.25) is 0 Å². The van der Waals surface area contributed by atoms with Crippen LogP contribution in [0.5, 0.6) is 0 Å². The van der Waals surface area contributed by atoms with Crippen molar-refractivity contribution >= 4 is 23.2 Å². The molecular formula is C26H27N3O2. The Morgan fingerprint density at radius 2 is 1.74 bits per heavy atom. The number of nitrogens with one attached hydrogen (secondary N) is 2. The first-order valence-electron chi connectivity index (χ1n) is 10.7. The first kappa shape index (κ1) is 20.7. The highest BCUT2D eigenvalue weighted by molar-refractivity contribution is 5.98. The van der Waals surface area contributed by atoms with E-state index < -0.39 is 0 Å². The second-order valence-corrected chi connectivity index (χ2v) is 7.82. The maximum absolute atomic E-state index is 12.8. The molecule has 158 valence electrons. The standard InChI is InChI=1S/C26H27N3O2/c1-19(20-9-3-2-4-10-20)28-26(31)22-12-7-14-23(17-22)27-18-25(30)29-16-8-13-21-11-5-6-15-24(21)29/h2-7,9-12,14-15,17,19,27H,8,13,16,18H2,1H3,(H,28,31). The third kappa shape index (κ3) is 4.94. The van der Waals surface area contributed by atoms with E-state index in [0.29, 0.717) is 5.56 Å². The fourth-order valence-corrected chi connectivity index (χ4v) is 3.94. The number of hydrogen-bond acceptors (Lipinski definition) is 3. The highest BCUT2D eigenvalue weighted by atomic mass is 16.2. The van der Waals surface area contributed by atoms with Crippen molar-refractivity contribution in [2.45, 2.75) is 25.8 Å². The van der Waals surface area contributed by atoms with Gasteiger partial charge in [0.15, 0.2) is 0 Å². The molecule has 1 unspecified atom stereocenters. The molecule has 2 amide bonds. The topological polar surface area (TPSA) is 61.4 Å². The quantitative estimate of drug-likeness (QED) is 0.622. The van der Waals surface area contributed by atoms with Gasteiger partial charge in [-0.2, -0.15) is 0 Å². The summed E-state index contributed by atoms with van der Waals surface area (Å²) in [5, 5.41) is 6.21. The third-order valence-corrected chi connectivity index (χ3v) is 5.63. The average molecular weight is 414 g/mol. The van der Waals surface area contributed by atoms with Crippen molar-refractivity contribution in [3.8, 4) is 0 Å². The summed E-state index contributed by atoms with van der Waals surface area (Å²) < 4.78 is 0. The van der Waals surface area contributed by atoms with Gasteiger partial charge in [0.25, 0.3) is 5.91 Å². The zero-order chi connectivity index (χ0) is 21.6. The Balaban J connectivity index is 1.38. The molecule has 4 rings (SSSR count). The van der Waals surface area contributed by atoms with Crippen LogP contribution in [-0.4, -0.2) is 24.9 Å². The van der Waals surface area contributed by atoms with Crippen LogP contribution in [0.15, 0.2) is 78.9 Å². The maximum Gasteiger partial charge on any atom is 0.251 e. The molecule has 0 aliphatic carbocycles. The van der Waals surface area contributed by atoms with E-state index in [1.54, 1.807) is 12.1 Å². The van der Waals surface area contributed by atoms with Crippen LogP contribution in [0.4, 0.5) is 11.4 Å². The Morgan fingerprint density at radius 1 is 0.968 bits per heavy atom. The molecule has 0 spiro atoms. The van der Waals surface area contributed by atoms with Gasteiger partial charge in [-0.1, -0.05) is 54.6 Å². The van der Waals surface area contributed by atoms with Gasteiger partial charge in [0, 0.05) is 23.5 Å². The van der Waals surface area contributed by atoms with E-state index in [1.165, 1.54) is 5.56 Å². The van der Waals surface area contributed by atoms with E-state index in [1.807, 2.05) is 72.5 Å². The van der Waals surface area contributed by atoms with Gasteiger partial charge >= 0.3 is 0 Å². The minimum absolute atomic E-state index is 0.0275. The van der Waals surface area contributed by atoms with Gasteiger partial charge in [0.05, 0.1) is 12.6 Å². The number of carbonyl (C=O) groups is 2. The summed E-state index contributed by atoms with van der Waals surface area (Å²) in [6.07, 6.45) is 1.98. The van der Waals surface area contributed by atoms with Crippen LogP contribution in [0.25, 0.3) is 0 Å². The zero-order valence-electron chi connectivity index (χ0n) is 17.7. The first-order chi connectivity index (χ1) is 15.1. The summed E-state index contributed by atoms with van der Waals surface area (Å²) in [5.74, 6) is -0.115. The first-order valence-corrected chi connectivity index (χ1v) is 10.7. The molecule has 0 bridgehead atoms. The molecule has 31 heavy (non-hydrogen) atoms. The van der Waals surface area contributed by atoms with E-state index in [2.05, 4.69) is 16.7 Å². The molecule has 0 aromatic heterocycles. The number of aryl methyl sites for hydroxylation is 1. The molecule has 1 aliphatic heterocycles. The molecule has 0 fully saturated rings. The van der Waals surface area contributed by atoms with Crippen molar-refractivity contribution in [1.29, 1.82) is 0 Å². The van der Waals surface area contributed by atoms with Gasteiger partial charge in [0.2, 0.25) is 5.91 Å². The normalized spacial score (nSPS) is 13.8. The minimum atomic E-state index is -0.142. The van der Waals surface area contributed by atoms with Gasteiger partial charge in [-0.25, -0.2) is 0 Å². The average Bonchev–Trinajstić information content (AvgIpc) is 2.83. The van der Waals surface area contributed by atoms with Crippen molar-refractivity contribution in [2.75, 3.05) is 23.3 Å². The number of hydrogen-bond donors (Lipinski definition) is 2. The van der Waals surface area contributed by atoms with E-state index in [0.717, 1.165) is 36.3 Å². The molecule has 0 saturated heterocycles. The lowest BCUT2D eigenvalue weighted by Gasteiger charge is -2.29. The second-order valence-electron chi connectivity index (χ2n) is 7.82. The molecule has 0 saturated carbocycles. The van der Waals surface area contributed by atoms with Gasteiger partial charge in [-0.15, -0.1) is 0 Å². The van der Waals surface area contributed by atoms with Crippen LogP contribution in [0.1, 0.15) is 40.9 Å². The van der Waals surface area contributed by atoms with E-state index >= 15 is 0 Å². The van der Waals surface area contributed by atoms with Gasteiger partial charge < -0.3 is 15.5 Å². The molecule has 3 aromatic carbocycles. The predicted octanol–water partition coefficient (Wildman–Crippen LogP) is 4.57. The van der Waals surface area contributed by atoms with Crippen LogP contribution in [-0.2, 0) is 11.2 Å². The Morgan fingerprint density at radius 3 is 2.58 bits per heavy atom. The van der Waals surface area contributed by atoms with Gasteiger partial charge in [0.1, 0.15) is 0 Å². The summed E-state index contributed by atoms with van der Waals surface area (Å²) in [5.41, 5.74) is 4.58. The lowest BCUT2D eigenvalue weighted by molar-refractivity contribution is -0.117. The zero-order valence-corrected chi connectivity index (χ0v) is 17.7. The number of nitrogens with zero attached hydrogens (tertiary/aromatic N) is 1. The van der Waals surface area contributed by atoms with Crippen molar-refractivity contribution < 1.29 is 9.59 Å². The van der Waals surface area contributed by atoms with Crippen molar-refractivity contribution in [2.24, 2.45) is 0 Å². The number of fused-ring (bicyclic) bond motifs is 1. The highest BCUT2D eigenvalue weighted by Crippen LogP contribution is 2.26. The number of anilines is 2. The van der Waals surface area contributed by atoms with Gasteiger partial charge in [-0.05, 0) is 55.2 Å². The smallest absolute Gasteiger partial charge is 0.251 e.